The molecule has 0 radical (unpaired) electrons. The Morgan fingerprint density at radius 2 is 2.00 bits per heavy atom. The molecule has 0 aliphatic carbocycles. The Morgan fingerprint density at radius 1 is 1.25 bits per heavy atom. The largest absolute Gasteiger partial charge is 0.516 e. The summed E-state index contributed by atoms with van der Waals surface area (Å²) in [5.74, 6) is 0. The molecule has 2 N–H and O–H groups in total. The minimum atomic E-state index is 0.000919. The van der Waals surface area contributed by atoms with Crippen molar-refractivity contribution in [3.63, 3.8) is 0 Å². The van der Waals surface area contributed by atoms with Gasteiger partial charge in [0.1, 0.15) is 0 Å². The molecule has 0 fully saturated rings. The summed E-state index contributed by atoms with van der Waals surface area (Å²) in [7, 11) is 0. The molecule has 12 heavy (non-hydrogen) atoms. The minimum absolute atomic E-state index is 0.000919. The van der Waals surface area contributed by atoms with Crippen LogP contribution in [0.2, 0.25) is 0 Å². The highest BCUT2D eigenvalue weighted by atomic mass is 35.5. The van der Waals surface area contributed by atoms with E-state index in [2.05, 4.69) is 0 Å². The molecule has 0 aromatic rings. The first-order valence-corrected chi connectivity index (χ1v) is 3.79. The lowest BCUT2D eigenvalue weighted by atomic mass is 10.4. The van der Waals surface area contributed by atoms with Gasteiger partial charge in [-0.3, -0.25) is 0 Å². The maximum Gasteiger partial charge on any atom is 0.0791 e. The first-order valence-electron chi connectivity index (χ1n) is 3.42. The van der Waals surface area contributed by atoms with Crippen molar-refractivity contribution in [3.8, 4) is 0 Å². The van der Waals surface area contributed by atoms with Gasteiger partial charge in [-0.15, -0.1) is 0 Å². The molecule has 0 saturated heterocycles. The van der Waals surface area contributed by atoms with Gasteiger partial charge < -0.3 is 10.2 Å². The van der Waals surface area contributed by atoms with E-state index in [9.17, 15) is 0 Å². The monoisotopic (exact) mass is 186 g/mol. The third-order valence-electron chi connectivity index (χ3n) is 0.950. The number of hydrogen-bond donors (Lipinski definition) is 2. The molecule has 0 amide bonds. The van der Waals surface area contributed by atoms with E-state index < -0.39 is 0 Å². The molecule has 2 nitrogen and oxygen atoms in total. The number of rotatable bonds is 4. The second kappa shape index (κ2) is 8.11. The highest BCUT2D eigenvalue weighted by Crippen LogP contribution is 2.02. The SMILES string of the molecule is O/C=C/C=C/C(Cl)=C/C=C/CO. The van der Waals surface area contributed by atoms with Gasteiger partial charge in [0.05, 0.1) is 12.9 Å². The molecule has 0 atom stereocenters. The van der Waals surface area contributed by atoms with E-state index in [1.165, 1.54) is 6.08 Å². The molecular formula is C9H11ClO2. The number of hydrogen-bond acceptors (Lipinski definition) is 2. The zero-order valence-electron chi connectivity index (χ0n) is 6.52. The summed E-state index contributed by atoms with van der Waals surface area (Å²) in [4.78, 5) is 0. The van der Waals surface area contributed by atoms with Crippen molar-refractivity contribution in [2.24, 2.45) is 0 Å². The summed E-state index contributed by atoms with van der Waals surface area (Å²) in [5, 5.41) is 17.1. The number of halogens is 1. The van der Waals surface area contributed by atoms with E-state index >= 15 is 0 Å². The fourth-order valence-electron chi connectivity index (χ4n) is 0.474. The Bertz CT molecular complexity index is 215. The predicted octanol–water partition coefficient (Wildman–Crippen LogP) is 2.29. The standard InChI is InChI=1S/C9H11ClO2/c10-9(5-1-3-7-11)6-2-4-8-12/h1-7,11-12H,8H2/b4-2+,5-1+,7-3+,9-6-. The van der Waals surface area contributed by atoms with E-state index in [4.69, 9.17) is 21.8 Å². The highest BCUT2D eigenvalue weighted by Gasteiger charge is 1.78. The highest BCUT2D eigenvalue weighted by molar-refractivity contribution is 6.31. The molecule has 0 aliphatic heterocycles. The molecule has 0 spiro atoms. The van der Waals surface area contributed by atoms with Crippen molar-refractivity contribution in [3.05, 3.63) is 47.8 Å². The van der Waals surface area contributed by atoms with Gasteiger partial charge in [0, 0.05) is 5.03 Å². The van der Waals surface area contributed by atoms with Gasteiger partial charge in [-0.2, -0.15) is 0 Å². The molecule has 66 valence electrons. The number of aliphatic hydroxyl groups is 2. The fourth-order valence-corrected chi connectivity index (χ4v) is 0.619. The second-order valence-electron chi connectivity index (χ2n) is 1.86. The average Bonchev–Trinajstić information content (AvgIpc) is 2.06. The molecule has 0 rings (SSSR count). The zero-order valence-corrected chi connectivity index (χ0v) is 7.28. The number of allylic oxidation sites excluding steroid dienone is 6. The maximum absolute atomic E-state index is 8.37. The zero-order chi connectivity index (χ0) is 9.23. The Balaban J connectivity index is 3.93. The van der Waals surface area contributed by atoms with Crippen LogP contribution >= 0.6 is 11.6 Å². The predicted molar refractivity (Wildman–Crippen MR) is 51.1 cm³/mol. The van der Waals surface area contributed by atoms with Crippen molar-refractivity contribution in [1.82, 2.24) is 0 Å². The van der Waals surface area contributed by atoms with Crippen LogP contribution in [0.3, 0.4) is 0 Å². The van der Waals surface area contributed by atoms with E-state index in [1.807, 2.05) is 0 Å². The molecule has 0 aromatic heterocycles. The Morgan fingerprint density at radius 3 is 2.58 bits per heavy atom. The van der Waals surface area contributed by atoms with Gasteiger partial charge in [0.25, 0.3) is 0 Å². The summed E-state index contributed by atoms with van der Waals surface area (Å²) in [6.07, 6.45) is 10.4. The maximum atomic E-state index is 8.37. The van der Waals surface area contributed by atoms with Crippen molar-refractivity contribution in [2.75, 3.05) is 6.61 Å². The van der Waals surface area contributed by atoms with Gasteiger partial charge in [0.15, 0.2) is 0 Å². The van der Waals surface area contributed by atoms with Crippen LogP contribution < -0.4 is 0 Å². The first-order chi connectivity index (χ1) is 5.81. The molecule has 0 heterocycles. The number of aliphatic hydroxyl groups excluding tert-OH is 2. The van der Waals surface area contributed by atoms with Crippen LogP contribution in [0.15, 0.2) is 47.8 Å². The molecule has 0 aliphatic rings. The van der Waals surface area contributed by atoms with Crippen LogP contribution in [0.25, 0.3) is 0 Å². The lowest BCUT2D eigenvalue weighted by Crippen LogP contribution is -1.68. The smallest absolute Gasteiger partial charge is 0.0791 e. The van der Waals surface area contributed by atoms with Crippen molar-refractivity contribution >= 4 is 11.6 Å². The van der Waals surface area contributed by atoms with Crippen LogP contribution in [-0.2, 0) is 0 Å². The van der Waals surface area contributed by atoms with Crippen molar-refractivity contribution in [1.29, 1.82) is 0 Å². The topological polar surface area (TPSA) is 40.5 Å². The van der Waals surface area contributed by atoms with Crippen LogP contribution in [-0.4, -0.2) is 16.8 Å². The van der Waals surface area contributed by atoms with E-state index in [0.717, 1.165) is 6.26 Å². The van der Waals surface area contributed by atoms with Crippen LogP contribution in [0.5, 0.6) is 0 Å². The van der Waals surface area contributed by atoms with Crippen LogP contribution in [0, 0.1) is 0 Å². The lowest BCUT2D eigenvalue weighted by molar-refractivity contribution is 0.343. The molecule has 0 saturated carbocycles. The van der Waals surface area contributed by atoms with Crippen molar-refractivity contribution < 1.29 is 10.2 Å². The third kappa shape index (κ3) is 7.12. The average molecular weight is 187 g/mol. The summed E-state index contributed by atoms with van der Waals surface area (Å²) >= 11 is 5.68. The van der Waals surface area contributed by atoms with E-state index in [0.29, 0.717) is 5.03 Å². The second-order valence-corrected chi connectivity index (χ2v) is 2.30. The molecule has 0 unspecified atom stereocenters. The van der Waals surface area contributed by atoms with Gasteiger partial charge in [-0.1, -0.05) is 29.8 Å². The van der Waals surface area contributed by atoms with Gasteiger partial charge in [-0.05, 0) is 18.2 Å². The molecule has 0 bridgehead atoms. The lowest BCUT2D eigenvalue weighted by Gasteiger charge is -1.82. The summed E-state index contributed by atoms with van der Waals surface area (Å²) < 4.78 is 0. The summed E-state index contributed by atoms with van der Waals surface area (Å²) in [5.41, 5.74) is 0. The molecular weight excluding hydrogens is 176 g/mol. The quantitative estimate of drug-likeness (QED) is 0.523. The van der Waals surface area contributed by atoms with Crippen molar-refractivity contribution in [2.45, 2.75) is 0 Å². The Labute approximate surface area is 76.8 Å². The molecule has 3 heteroatoms. The fraction of sp³-hybridized carbons (Fsp3) is 0.111. The van der Waals surface area contributed by atoms with E-state index in [1.54, 1.807) is 30.4 Å². The summed E-state index contributed by atoms with van der Waals surface area (Å²) in [6.45, 7) is 0.000919. The summed E-state index contributed by atoms with van der Waals surface area (Å²) in [6, 6.07) is 0. The van der Waals surface area contributed by atoms with E-state index in [-0.39, 0.29) is 6.61 Å². The van der Waals surface area contributed by atoms with Gasteiger partial charge >= 0.3 is 0 Å². The van der Waals surface area contributed by atoms with Crippen LogP contribution in [0.4, 0.5) is 0 Å². The first kappa shape index (κ1) is 11.0. The Kier molecular flexibility index (Phi) is 7.44. The van der Waals surface area contributed by atoms with Crippen LogP contribution in [0.1, 0.15) is 0 Å². The normalized spacial score (nSPS) is 14.0. The Hall–Kier alpha value is -0.990. The van der Waals surface area contributed by atoms with Gasteiger partial charge in [-0.25, -0.2) is 0 Å². The molecule has 0 aromatic carbocycles. The minimum Gasteiger partial charge on any atom is -0.516 e. The van der Waals surface area contributed by atoms with Gasteiger partial charge in [0.2, 0.25) is 0 Å². The third-order valence-corrected chi connectivity index (χ3v) is 1.20.